The van der Waals surface area contributed by atoms with Crippen LogP contribution in [-0.2, 0) is 25.7 Å². The number of thioether (sulfide) groups is 1. The molecule has 12 heteroatoms. The first-order chi connectivity index (χ1) is 19.6. The van der Waals surface area contributed by atoms with Crippen molar-refractivity contribution in [2.45, 2.75) is 78.7 Å². The van der Waals surface area contributed by atoms with E-state index in [1.165, 1.54) is 16.7 Å². The van der Waals surface area contributed by atoms with Crippen molar-refractivity contribution < 1.29 is 24.2 Å². The Balaban J connectivity index is 1.99. The Kier molecular flexibility index (Phi) is 12.0. The van der Waals surface area contributed by atoms with Gasteiger partial charge in [0.1, 0.15) is 21.8 Å². The number of thiocarbonyl (C=S) groups is 1. The summed E-state index contributed by atoms with van der Waals surface area (Å²) in [4.78, 5) is 54.1. The van der Waals surface area contributed by atoms with Crippen LogP contribution in [0.2, 0.25) is 0 Å². The van der Waals surface area contributed by atoms with Gasteiger partial charge in [-0.1, -0.05) is 43.7 Å². The van der Waals surface area contributed by atoms with Crippen molar-refractivity contribution in [2.75, 3.05) is 31.1 Å². The molecule has 0 bridgehead atoms. The lowest BCUT2D eigenvalue weighted by molar-refractivity contribution is -0.148. The topological polar surface area (TPSA) is 133 Å². The number of esters is 1. The van der Waals surface area contributed by atoms with Crippen LogP contribution in [0, 0.1) is 24.2 Å². The molecule has 0 radical (unpaired) electrons. The zero-order valence-corrected chi connectivity index (χ0v) is 25.6. The minimum Gasteiger partial charge on any atom is -0.481 e. The highest BCUT2D eigenvalue weighted by Gasteiger charge is 2.34. The number of carbonyl (C=O) groups is 3. The van der Waals surface area contributed by atoms with Crippen LogP contribution in [-0.4, -0.2) is 63.0 Å². The lowest BCUT2D eigenvalue weighted by atomic mass is 9.95. The minimum absolute atomic E-state index is 0.0476. The number of carboxylic acids is 1. The Morgan fingerprint density at radius 3 is 2.46 bits per heavy atom. The van der Waals surface area contributed by atoms with Crippen molar-refractivity contribution in [1.82, 2.24) is 9.47 Å². The van der Waals surface area contributed by atoms with Crippen molar-refractivity contribution in [3.05, 3.63) is 31.9 Å². The van der Waals surface area contributed by atoms with Gasteiger partial charge in [-0.15, -0.1) is 0 Å². The number of hydrogen-bond acceptors (Lipinski definition) is 9. The number of carbonyl (C=O) groups excluding carboxylic acids is 2. The third kappa shape index (κ3) is 7.77. The highest BCUT2D eigenvalue weighted by Crippen LogP contribution is 2.37. The summed E-state index contributed by atoms with van der Waals surface area (Å²) in [5.41, 5.74) is 0.832. The van der Waals surface area contributed by atoms with Crippen LogP contribution in [0.3, 0.4) is 0 Å². The molecular formula is C29H38N4O6S2. The molecule has 0 aromatic carbocycles. The molecular weight excluding hydrogens is 564 g/mol. The fourth-order valence-corrected chi connectivity index (χ4v) is 6.43. The molecule has 1 amide bonds. The van der Waals surface area contributed by atoms with Crippen LogP contribution >= 0.6 is 24.0 Å². The second-order valence-electron chi connectivity index (χ2n) is 10.2. The number of pyridine rings is 1. The first-order valence-corrected chi connectivity index (χ1v) is 15.4. The van der Waals surface area contributed by atoms with E-state index in [1.54, 1.807) is 24.5 Å². The highest BCUT2D eigenvalue weighted by atomic mass is 32.2. The molecule has 1 N–H and O–H groups in total. The van der Waals surface area contributed by atoms with E-state index < -0.39 is 5.97 Å². The molecule has 3 heterocycles. The van der Waals surface area contributed by atoms with E-state index in [-0.39, 0.29) is 35.3 Å². The molecule has 0 unspecified atom stereocenters. The summed E-state index contributed by atoms with van der Waals surface area (Å²) >= 11 is 6.69. The maximum absolute atomic E-state index is 13.5. The Labute approximate surface area is 250 Å². The van der Waals surface area contributed by atoms with Gasteiger partial charge in [-0.05, 0) is 57.6 Å². The first-order valence-electron chi connectivity index (χ1n) is 14.2. The first kappa shape index (κ1) is 32.3. The van der Waals surface area contributed by atoms with E-state index >= 15 is 0 Å². The molecule has 222 valence electrons. The normalized spacial score (nSPS) is 16.9. The Hall–Kier alpha value is -3.17. The molecule has 0 saturated carbocycles. The predicted octanol–water partition coefficient (Wildman–Crippen LogP) is 4.45. The van der Waals surface area contributed by atoms with E-state index in [9.17, 15) is 24.4 Å². The summed E-state index contributed by atoms with van der Waals surface area (Å²) in [7, 11) is 0. The quantitative estimate of drug-likeness (QED) is 0.149. The molecule has 10 nitrogen and oxygen atoms in total. The number of ether oxygens (including phenoxy) is 1. The van der Waals surface area contributed by atoms with Crippen molar-refractivity contribution in [1.29, 1.82) is 5.26 Å². The molecule has 2 aliphatic heterocycles. The number of amides is 1. The summed E-state index contributed by atoms with van der Waals surface area (Å²) < 4.78 is 7.29. The van der Waals surface area contributed by atoms with Gasteiger partial charge in [-0.3, -0.25) is 28.6 Å². The van der Waals surface area contributed by atoms with Gasteiger partial charge in [0.15, 0.2) is 0 Å². The second kappa shape index (κ2) is 15.2. The molecule has 0 atom stereocenters. The predicted molar refractivity (Wildman–Crippen MR) is 163 cm³/mol. The molecule has 41 heavy (non-hydrogen) atoms. The molecule has 1 aromatic rings. The summed E-state index contributed by atoms with van der Waals surface area (Å²) in [6.07, 6.45) is 6.41. The summed E-state index contributed by atoms with van der Waals surface area (Å²) in [5, 5.41) is 18.7. The number of rotatable bonds is 13. The lowest BCUT2D eigenvalue weighted by Crippen LogP contribution is -2.41. The monoisotopic (exact) mass is 602 g/mol. The van der Waals surface area contributed by atoms with E-state index in [2.05, 4.69) is 11.0 Å². The number of nitriles is 1. The highest BCUT2D eigenvalue weighted by molar-refractivity contribution is 8.26. The van der Waals surface area contributed by atoms with E-state index in [0.717, 1.165) is 12.8 Å². The molecule has 3 rings (SSSR count). The molecule has 2 aliphatic rings. The zero-order valence-electron chi connectivity index (χ0n) is 23.9. The third-order valence-corrected chi connectivity index (χ3v) is 8.80. The fourth-order valence-electron chi connectivity index (χ4n) is 5.14. The van der Waals surface area contributed by atoms with Gasteiger partial charge in [0.05, 0.1) is 17.4 Å². The summed E-state index contributed by atoms with van der Waals surface area (Å²) in [6, 6.07) is 2.08. The van der Waals surface area contributed by atoms with Crippen LogP contribution in [0.25, 0.3) is 6.08 Å². The van der Waals surface area contributed by atoms with Crippen molar-refractivity contribution in [3.63, 3.8) is 0 Å². The van der Waals surface area contributed by atoms with E-state index in [1.807, 2.05) is 6.92 Å². The number of nitrogens with zero attached hydrogens (tertiary/aromatic N) is 4. The van der Waals surface area contributed by atoms with Crippen molar-refractivity contribution in [2.24, 2.45) is 5.92 Å². The van der Waals surface area contributed by atoms with Gasteiger partial charge in [0.2, 0.25) is 0 Å². The molecule has 2 saturated heterocycles. The van der Waals surface area contributed by atoms with Gasteiger partial charge in [-0.2, -0.15) is 5.26 Å². The molecule has 0 aliphatic carbocycles. The maximum Gasteiger partial charge on any atom is 0.309 e. The van der Waals surface area contributed by atoms with Gasteiger partial charge >= 0.3 is 11.9 Å². The van der Waals surface area contributed by atoms with Gasteiger partial charge in [0, 0.05) is 38.2 Å². The SMILES string of the molecule is CCCCn1c(N2CCC(C(=O)OCC)CC2)c(C=C2SC(=S)N(CCCCCC(=O)O)C2=O)c(C)c(C#N)c1=O. The number of unbranched alkanes of at least 4 members (excludes halogenated alkanes) is 3. The van der Waals surface area contributed by atoms with Crippen molar-refractivity contribution >= 4 is 58.0 Å². The minimum atomic E-state index is -0.841. The molecule has 1 aromatic heterocycles. The van der Waals surface area contributed by atoms with Gasteiger partial charge in [-0.25, -0.2) is 0 Å². The Morgan fingerprint density at radius 2 is 1.85 bits per heavy atom. The number of aliphatic carboxylic acids is 1. The third-order valence-electron chi connectivity index (χ3n) is 7.42. The number of carboxylic acid groups (broad SMARTS) is 1. The Morgan fingerprint density at radius 1 is 1.15 bits per heavy atom. The number of anilines is 1. The van der Waals surface area contributed by atoms with Gasteiger partial charge < -0.3 is 14.7 Å². The number of piperidine rings is 1. The van der Waals surface area contributed by atoms with Crippen molar-refractivity contribution in [3.8, 4) is 6.07 Å². The smallest absolute Gasteiger partial charge is 0.309 e. The number of aromatic nitrogens is 1. The van der Waals surface area contributed by atoms with E-state index in [0.29, 0.717) is 91.1 Å². The fraction of sp³-hybridized carbons (Fsp3) is 0.586. The number of hydrogen-bond donors (Lipinski definition) is 1. The van der Waals surface area contributed by atoms with Crippen LogP contribution in [0.4, 0.5) is 5.82 Å². The molecule has 0 spiro atoms. The summed E-state index contributed by atoms with van der Waals surface area (Å²) in [5.74, 6) is -0.849. The van der Waals surface area contributed by atoms with Crippen LogP contribution in [0.1, 0.15) is 81.9 Å². The largest absolute Gasteiger partial charge is 0.481 e. The summed E-state index contributed by atoms with van der Waals surface area (Å²) in [6.45, 7) is 7.75. The van der Waals surface area contributed by atoms with Crippen LogP contribution in [0.5, 0.6) is 0 Å². The maximum atomic E-state index is 13.5. The second-order valence-corrected chi connectivity index (χ2v) is 11.9. The zero-order chi connectivity index (χ0) is 30.1. The average molecular weight is 603 g/mol. The van der Waals surface area contributed by atoms with Crippen LogP contribution in [0.15, 0.2) is 9.70 Å². The standard InChI is InChI=1S/C29H38N4O6S2/c1-4-6-13-32-25(31-15-11-20(12-16-31)28(38)39-5-2)21(19(3)22(18-30)26(32)36)17-23-27(37)33(29(40)41-23)14-9-7-8-10-24(34)35/h17,20H,4-16H2,1-3H3,(H,34,35). The Bertz CT molecular complexity index is 1310. The average Bonchev–Trinajstić information content (AvgIpc) is 3.21. The van der Waals surface area contributed by atoms with E-state index in [4.69, 9.17) is 22.1 Å². The van der Waals surface area contributed by atoms with Crippen LogP contribution < -0.4 is 10.5 Å². The van der Waals surface area contributed by atoms with Gasteiger partial charge in [0.25, 0.3) is 11.5 Å². The molecule has 2 fully saturated rings. The lowest BCUT2D eigenvalue weighted by Gasteiger charge is -2.35.